The number of nitrogens with one attached hydrogen (secondary N) is 1. The third-order valence-corrected chi connectivity index (χ3v) is 12.9. The SMILES string of the molecule is CN1C(=O)CCc2cc(-c3cccc4cc(-c5ccc(CCC6CCN(c7ccc(C(=O)NC8CCC(Oc9ccc(C#N)c(Cl)c9)CC8)nn7)CC6)nc5)ncc34)ccc21. The predicted octanol–water partition coefficient (Wildman–Crippen LogP) is 9.16. The van der Waals surface area contributed by atoms with Crippen LogP contribution >= 0.6 is 11.6 Å². The Hall–Kier alpha value is -6.38. The summed E-state index contributed by atoms with van der Waals surface area (Å²) in [6.07, 6.45) is 12.6. The Bertz CT molecular complexity index is 2610. The maximum Gasteiger partial charge on any atom is 0.272 e. The predicted molar refractivity (Wildman–Crippen MR) is 238 cm³/mol. The topological polar surface area (TPSA) is 137 Å². The van der Waals surface area contributed by atoms with Crippen LogP contribution in [0.2, 0.25) is 5.02 Å². The zero-order valence-corrected chi connectivity index (χ0v) is 34.9. The highest BCUT2D eigenvalue weighted by Crippen LogP contribution is 2.36. The van der Waals surface area contributed by atoms with Crippen molar-refractivity contribution >= 4 is 45.7 Å². The average molecular weight is 831 g/mol. The number of fused-ring (bicyclic) bond motifs is 2. The average Bonchev–Trinajstić information content (AvgIpc) is 3.30. The Kier molecular flexibility index (Phi) is 11.6. The zero-order chi connectivity index (χ0) is 41.9. The molecule has 5 heterocycles. The van der Waals surface area contributed by atoms with Gasteiger partial charge < -0.3 is 19.9 Å². The molecule has 2 amide bonds. The first kappa shape index (κ1) is 40.0. The lowest BCUT2D eigenvalue weighted by Gasteiger charge is -2.32. The molecule has 1 aliphatic carbocycles. The molecule has 1 saturated carbocycles. The van der Waals surface area contributed by atoms with Gasteiger partial charge in [0.05, 0.1) is 22.4 Å². The normalized spacial score (nSPS) is 18.1. The van der Waals surface area contributed by atoms with Gasteiger partial charge in [-0.25, -0.2) is 0 Å². The van der Waals surface area contributed by atoms with Gasteiger partial charge in [0.1, 0.15) is 11.8 Å². The van der Waals surface area contributed by atoms with Crippen molar-refractivity contribution in [3.63, 3.8) is 0 Å². The number of amides is 2. The van der Waals surface area contributed by atoms with E-state index >= 15 is 0 Å². The minimum absolute atomic E-state index is 0.0333. The molecule has 0 spiro atoms. The Labute approximate surface area is 360 Å². The van der Waals surface area contributed by atoms with E-state index in [-0.39, 0.29) is 24.0 Å². The minimum Gasteiger partial charge on any atom is -0.490 e. The number of aromatic nitrogens is 4. The van der Waals surface area contributed by atoms with E-state index in [1.165, 1.54) is 5.56 Å². The molecule has 11 nitrogen and oxygen atoms in total. The number of carbonyl (C=O) groups excluding carboxylic acids is 2. The molecule has 6 aromatic rings. The summed E-state index contributed by atoms with van der Waals surface area (Å²) >= 11 is 6.16. The molecular formula is C49H47ClN8O3. The summed E-state index contributed by atoms with van der Waals surface area (Å²) in [6.45, 7) is 1.80. The van der Waals surface area contributed by atoms with Crippen molar-refractivity contribution in [2.75, 3.05) is 29.9 Å². The van der Waals surface area contributed by atoms with Crippen LogP contribution in [0.25, 0.3) is 33.2 Å². The van der Waals surface area contributed by atoms with E-state index in [4.69, 9.17) is 31.6 Å². The third-order valence-electron chi connectivity index (χ3n) is 12.6. The van der Waals surface area contributed by atoms with Crippen molar-refractivity contribution in [2.45, 2.75) is 76.4 Å². The van der Waals surface area contributed by atoms with E-state index in [1.54, 1.807) is 29.2 Å². The molecule has 3 aliphatic rings. The van der Waals surface area contributed by atoms with Crippen molar-refractivity contribution in [3.8, 4) is 34.2 Å². The Morgan fingerprint density at radius 1 is 0.885 bits per heavy atom. The molecule has 0 bridgehead atoms. The Morgan fingerprint density at radius 3 is 2.48 bits per heavy atom. The number of rotatable bonds is 10. The number of anilines is 2. The fourth-order valence-corrected chi connectivity index (χ4v) is 9.20. The lowest BCUT2D eigenvalue weighted by Crippen LogP contribution is -2.40. The van der Waals surface area contributed by atoms with Crippen LogP contribution in [0, 0.1) is 17.2 Å². The summed E-state index contributed by atoms with van der Waals surface area (Å²) in [5, 5.41) is 23.6. The van der Waals surface area contributed by atoms with Crippen molar-refractivity contribution in [1.29, 1.82) is 5.26 Å². The van der Waals surface area contributed by atoms with Gasteiger partial charge in [0.2, 0.25) is 5.91 Å². The maximum atomic E-state index is 13.0. The summed E-state index contributed by atoms with van der Waals surface area (Å²) in [6, 6.07) is 30.1. The van der Waals surface area contributed by atoms with Crippen molar-refractivity contribution in [2.24, 2.45) is 5.92 Å². The van der Waals surface area contributed by atoms with Crippen LogP contribution in [0.15, 0.2) is 97.3 Å². The van der Waals surface area contributed by atoms with Crippen LogP contribution in [-0.4, -0.2) is 64.3 Å². The number of hydrogen-bond acceptors (Lipinski definition) is 9. The van der Waals surface area contributed by atoms with Gasteiger partial charge in [-0.15, -0.1) is 10.2 Å². The first-order valence-corrected chi connectivity index (χ1v) is 21.7. The molecule has 9 rings (SSSR count). The Morgan fingerprint density at radius 2 is 1.72 bits per heavy atom. The summed E-state index contributed by atoms with van der Waals surface area (Å²) in [5.74, 6) is 2.01. The van der Waals surface area contributed by atoms with Gasteiger partial charge in [-0.2, -0.15) is 5.26 Å². The molecule has 3 aromatic heterocycles. The minimum atomic E-state index is -0.207. The second-order valence-corrected chi connectivity index (χ2v) is 16.9. The van der Waals surface area contributed by atoms with Crippen molar-refractivity contribution in [3.05, 3.63) is 125 Å². The van der Waals surface area contributed by atoms with Gasteiger partial charge in [0.15, 0.2) is 11.5 Å². The van der Waals surface area contributed by atoms with Crippen LogP contribution in [0.1, 0.15) is 78.7 Å². The Balaban J connectivity index is 0.726. The molecule has 2 fully saturated rings. The zero-order valence-electron chi connectivity index (χ0n) is 34.2. The lowest BCUT2D eigenvalue weighted by atomic mass is 9.91. The number of nitrogens with zero attached hydrogens (tertiary/aromatic N) is 7. The monoisotopic (exact) mass is 830 g/mol. The van der Waals surface area contributed by atoms with Crippen LogP contribution in [0.3, 0.4) is 0 Å². The van der Waals surface area contributed by atoms with E-state index in [1.807, 2.05) is 25.5 Å². The van der Waals surface area contributed by atoms with Crippen molar-refractivity contribution in [1.82, 2.24) is 25.5 Å². The number of halogens is 1. The number of benzene rings is 3. The molecule has 3 aromatic carbocycles. The number of carbonyl (C=O) groups is 2. The van der Waals surface area contributed by atoms with E-state index in [0.29, 0.717) is 34.4 Å². The number of hydrogen-bond donors (Lipinski definition) is 1. The van der Waals surface area contributed by atoms with Gasteiger partial charge in [-0.1, -0.05) is 35.9 Å². The highest BCUT2D eigenvalue weighted by atomic mass is 35.5. The van der Waals surface area contributed by atoms with Gasteiger partial charge in [0.25, 0.3) is 5.91 Å². The van der Waals surface area contributed by atoms with Gasteiger partial charge in [-0.05, 0) is 140 Å². The van der Waals surface area contributed by atoms with Crippen LogP contribution in [-0.2, 0) is 17.6 Å². The lowest BCUT2D eigenvalue weighted by molar-refractivity contribution is -0.118. The number of pyridine rings is 2. The quantitative estimate of drug-likeness (QED) is 0.143. The summed E-state index contributed by atoms with van der Waals surface area (Å²) in [5.41, 5.74) is 8.19. The molecule has 61 heavy (non-hydrogen) atoms. The highest BCUT2D eigenvalue weighted by Gasteiger charge is 2.26. The fourth-order valence-electron chi connectivity index (χ4n) is 8.98. The highest BCUT2D eigenvalue weighted by molar-refractivity contribution is 6.31. The van der Waals surface area contributed by atoms with E-state index in [9.17, 15) is 9.59 Å². The van der Waals surface area contributed by atoms with Gasteiger partial charge in [-0.3, -0.25) is 19.6 Å². The molecule has 0 radical (unpaired) electrons. The van der Waals surface area contributed by atoms with Crippen LogP contribution < -0.4 is 19.9 Å². The van der Waals surface area contributed by atoms with E-state index in [2.05, 4.69) is 81.1 Å². The number of nitriles is 1. The van der Waals surface area contributed by atoms with Gasteiger partial charge >= 0.3 is 0 Å². The smallest absolute Gasteiger partial charge is 0.272 e. The third kappa shape index (κ3) is 8.91. The number of ether oxygens (including phenoxy) is 1. The molecule has 1 N–H and O–H groups in total. The summed E-state index contributed by atoms with van der Waals surface area (Å²) in [4.78, 5) is 38.9. The largest absolute Gasteiger partial charge is 0.490 e. The summed E-state index contributed by atoms with van der Waals surface area (Å²) in [7, 11) is 1.85. The molecule has 308 valence electrons. The van der Waals surface area contributed by atoms with Crippen molar-refractivity contribution < 1.29 is 14.3 Å². The molecule has 2 aliphatic heterocycles. The summed E-state index contributed by atoms with van der Waals surface area (Å²) < 4.78 is 6.09. The first-order valence-electron chi connectivity index (χ1n) is 21.3. The second kappa shape index (κ2) is 17.7. The number of piperidine rings is 1. The van der Waals surface area contributed by atoms with Crippen LogP contribution in [0.4, 0.5) is 11.5 Å². The molecular weight excluding hydrogens is 784 g/mol. The van der Waals surface area contributed by atoms with E-state index in [0.717, 1.165) is 121 Å². The molecule has 1 saturated heterocycles. The molecule has 0 atom stereocenters. The van der Waals surface area contributed by atoms with E-state index < -0.39 is 0 Å². The maximum absolute atomic E-state index is 13.0. The number of aryl methyl sites for hydroxylation is 2. The fraction of sp³-hybridized carbons (Fsp3) is 0.327. The second-order valence-electron chi connectivity index (χ2n) is 16.5. The molecule has 0 unspecified atom stereocenters. The van der Waals surface area contributed by atoms with Crippen LogP contribution in [0.5, 0.6) is 5.75 Å². The first-order chi connectivity index (χ1) is 29.8. The molecule has 12 heteroatoms. The standard InChI is InChI=1S/C49H47ClN8O3/c1-57-46-18-8-33(25-34(46)9-20-48(57)59)41-4-2-3-32-26-45(53-30-42(32)41)36-6-11-37(52-29-36)10-5-31-21-23-58(24-22-31)47-19-17-44(55-56-47)49(60)54-38-12-15-39(16-13-38)61-40-14-7-35(28-51)43(50)27-40/h2-4,6-8,11,14,17-19,25-27,29-31,38-39H,5,9-10,12-13,15-16,20-24H2,1H3,(H,54,60). The van der Waals surface area contributed by atoms with Gasteiger partial charge in [0, 0.05) is 73.4 Å².